The predicted molar refractivity (Wildman–Crippen MR) is 104 cm³/mol. The van der Waals surface area contributed by atoms with Crippen LogP contribution in [0.5, 0.6) is 0 Å². The molecule has 0 saturated carbocycles. The Balaban J connectivity index is 1.78. The minimum absolute atomic E-state index is 0.120. The number of benzene rings is 2. The van der Waals surface area contributed by atoms with Crippen molar-refractivity contribution in [3.63, 3.8) is 0 Å². The van der Waals surface area contributed by atoms with Crippen LogP contribution >= 0.6 is 0 Å². The van der Waals surface area contributed by atoms with Crippen molar-refractivity contribution in [1.29, 1.82) is 0 Å². The summed E-state index contributed by atoms with van der Waals surface area (Å²) in [6.45, 7) is 1.95. The molecule has 27 heavy (non-hydrogen) atoms. The minimum Gasteiger partial charge on any atom is -0.322 e. The van der Waals surface area contributed by atoms with Gasteiger partial charge in [0.25, 0.3) is 5.91 Å². The second kappa shape index (κ2) is 7.34. The van der Waals surface area contributed by atoms with E-state index in [4.69, 9.17) is 0 Å². The van der Waals surface area contributed by atoms with Crippen LogP contribution in [0.3, 0.4) is 0 Å². The quantitative estimate of drug-likeness (QED) is 0.733. The van der Waals surface area contributed by atoms with Gasteiger partial charge >= 0.3 is 0 Å². The summed E-state index contributed by atoms with van der Waals surface area (Å²) in [6, 6.07) is 13.2. The summed E-state index contributed by atoms with van der Waals surface area (Å²) in [4.78, 5) is 12.6. The first-order valence-electron chi connectivity index (χ1n) is 8.23. The van der Waals surface area contributed by atoms with Gasteiger partial charge in [0.15, 0.2) is 0 Å². The molecule has 1 N–H and O–H groups in total. The molecule has 1 aromatic heterocycles. The van der Waals surface area contributed by atoms with Crippen LogP contribution in [0.25, 0.3) is 5.69 Å². The summed E-state index contributed by atoms with van der Waals surface area (Å²) in [6.07, 6.45) is 3.65. The summed E-state index contributed by atoms with van der Waals surface area (Å²) in [5, 5.41) is 6.96. The Hall–Kier alpha value is -2.97. The van der Waals surface area contributed by atoms with Gasteiger partial charge in [-0.1, -0.05) is 6.07 Å². The molecule has 0 aliphatic rings. The molecule has 140 valence electrons. The maximum absolute atomic E-state index is 12.5. The highest BCUT2D eigenvalue weighted by Gasteiger charge is 2.17. The van der Waals surface area contributed by atoms with Gasteiger partial charge in [-0.3, -0.25) is 4.79 Å². The van der Waals surface area contributed by atoms with E-state index in [-0.39, 0.29) is 10.8 Å². The Morgan fingerprint density at radius 2 is 1.81 bits per heavy atom. The number of hydrogen-bond acceptors (Lipinski definition) is 4. The van der Waals surface area contributed by atoms with Crippen molar-refractivity contribution < 1.29 is 13.2 Å². The van der Waals surface area contributed by atoms with E-state index in [1.54, 1.807) is 47.3 Å². The van der Waals surface area contributed by atoms with E-state index in [1.807, 2.05) is 13.1 Å². The van der Waals surface area contributed by atoms with Gasteiger partial charge < -0.3 is 5.32 Å². The van der Waals surface area contributed by atoms with Crippen LogP contribution < -0.4 is 5.32 Å². The van der Waals surface area contributed by atoms with Crippen LogP contribution in [0.2, 0.25) is 0 Å². The van der Waals surface area contributed by atoms with Crippen LogP contribution in [0.15, 0.2) is 65.8 Å². The lowest BCUT2D eigenvalue weighted by Gasteiger charge is -2.13. The number of hydrogen-bond donors (Lipinski definition) is 1. The fraction of sp³-hybridized carbons (Fsp3) is 0.158. The third-order valence-electron chi connectivity index (χ3n) is 3.98. The third kappa shape index (κ3) is 4.07. The molecule has 0 aliphatic carbocycles. The zero-order valence-corrected chi connectivity index (χ0v) is 16.1. The summed E-state index contributed by atoms with van der Waals surface area (Å²) in [7, 11) is -0.639. The molecule has 3 aromatic rings. The number of sulfonamides is 1. The van der Waals surface area contributed by atoms with Gasteiger partial charge in [-0.2, -0.15) is 5.10 Å². The molecule has 0 radical (unpaired) electrons. The maximum atomic E-state index is 12.5. The standard InChI is InChI=1S/C19H20N4O3S/c1-14-12-20-23(13-14)17-9-7-15(8-10-17)19(24)21-16-5-4-6-18(11-16)27(25,26)22(2)3/h4-13H,1-3H3,(H,21,24). The topological polar surface area (TPSA) is 84.3 Å². The van der Waals surface area contributed by atoms with Gasteiger partial charge in [-0.25, -0.2) is 17.4 Å². The second-order valence-electron chi connectivity index (χ2n) is 6.28. The molecule has 3 rings (SSSR count). The van der Waals surface area contributed by atoms with Gasteiger partial charge in [0.05, 0.1) is 16.8 Å². The molecule has 0 fully saturated rings. The van der Waals surface area contributed by atoms with E-state index < -0.39 is 10.0 Å². The third-order valence-corrected chi connectivity index (χ3v) is 5.79. The lowest BCUT2D eigenvalue weighted by atomic mass is 10.2. The number of nitrogens with one attached hydrogen (secondary N) is 1. The van der Waals surface area contributed by atoms with Crippen molar-refractivity contribution in [3.8, 4) is 5.69 Å². The highest BCUT2D eigenvalue weighted by molar-refractivity contribution is 7.89. The van der Waals surface area contributed by atoms with Crippen LogP contribution in [-0.2, 0) is 10.0 Å². The predicted octanol–water partition coefficient (Wildman–Crippen LogP) is 2.68. The first kappa shape index (κ1) is 18.8. The zero-order chi connectivity index (χ0) is 19.6. The number of aromatic nitrogens is 2. The van der Waals surface area contributed by atoms with E-state index in [0.29, 0.717) is 11.3 Å². The van der Waals surface area contributed by atoms with Crippen molar-refractivity contribution in [2.45, 2.75) is 11.8 Å². The van der Waals surface area contributed by atoms with Gasteiger partial charge in [0, 0.05) is 31.5 Å². The molecule has 0 unspecified atom stereocenters. The van der Waals surface area contributed by atoms with E-state index in [0.717, 1.165) is 15.6 Å². The summed E-state index contributed by atoms with van der Waals surface area (Å²) in [5.41, 5.74) is 2.77. The van der Waals surface area contributed by atoms with Crippen molar-refractivity contribution in [1.82, 2.24) is 14.1 Å². The number of carbonyl (C=O) groups is 1. The summed E-state index contributed by atoms with van der Waals surface area (Å²) in [5.74, 6) is -0.322. The highest BCUT2D eigenvalue weighted by atomic mass is 32.2. The number of amides is 1. The normalized spacial score (nSPS) is 11.6. The molecule has 7 nitrogen and oxygen atoms in total. The SMILES string of the molecule is Cc1cnn(-c2ccc(C(=O)Nc3cccc(S(=O)(=O)N(C)C)c3)cc2)c1. The largest absolute Gasteiger partial charge is 0.322 e. The lowest BCUT2D eigenvalue weighted by molar-refractivity contribution is 0.102. The van der Waals surface area contributed by atoms with E-state index in [1.165, 1.54) is 26.2 Å². The second-order valence-corrected chi connectivity index (χ2v) is 8.43. The molecule has 0 saturated heterocycles. The Bertz CT molecular complexity index is 1070. The lowest BCUT2D eigenvalue weighted by Crippen LogP contribution is -2.22. The molecule has 1 amide bonds. The van der Waals surface area contributed by atoms with Crippen LogP contribution in [0.1, 0.15) is 15.9 Å². The Kier molecular flexibility index (Phi) is 5.11. The Labute approximate surface area is 158 Å². The zero-order valence-electron chi connectivity index (χ0n) is 15.2. The average Bonchev–Trinajstić information content (AvgIpc) is 3.08. The van der Waals surface area contributed by atoms with E-state index in [2.05, 4.69) is 10.4 Å². The van der Waals surface area contributed by atoms with E-state index >= 15 is 0 Å². The maximum Gasteiger partial charge on any atom is 0.255 e. The first-order valence-corrected chi connectivity index (χ1v) is 9.67. The molecular weight excluding hydrogens is 364 g/mol. The van der Waals surface area contributed by atoms with Crippen molar-refractivity contribution in [2.75, 3.05) is 19.4 Å². The number of carbonyl (C=O) groups excluding carboxylic acids is 1. The minimum atomic E-state index is -3.56. The molecule has 1 heterocycles. The molecular formula is C19H20N4O3S. The Morgan fingerprint density at radius 1 is 1.11 bits per heavy atom. The highest BCUT2D eigenvalue weighted by Crippen LogP contribution is 2.19. The Morgan fingerprint density at radius 3 is 2.41 bits per heavy atom. The van der Waals surface area contributed by atoms with Crippen molar-refractivity contribution >= 4 is 21.6 Å². The van der Waals surface area contributed by atoms with Gasteiger partial charge in [-0.15, -0.1) is 0 Å². The molecule has 2 aromatic carbocycles. The molecule has 0 bridgehead atoms. The van der Waals surface area contributed by atoms with Crippen molar-refractivity contribution in [3.05, 3.63) is 72.1 Å². The van der Waals surface area contributed by atoms with Crippen LogP contribution in [0, 0.1) is 6.92 Å². The van der Waals surface area contributed by atoms with Crippen LogP contribution in [-0.4, -0.2) is 42.5 Å². The molecule has 0 atom stereocenters. The average molecular weight is 384 g/mol. The van der Waals surface area contributed by atoms with Gasteiger partial charge in [0.2, 0.25) is 10.0 Å². The summed E-state index contributed by atoms with van der Waals surface area (Å²) >= 11 is 0. The number of rotatable bonds is 5. The number of aryl methyl sites for hydroxylation is 1. The number of nitrogens with zero attached hydrogens (tertiary/aromatic N) is 3. The number of anilines is 1. The van der Waals surface area contributed by atoms with E-state index in [9.17, 15) is 13.2 Å². The van der Waals surface area contributed by atoms with Gasteiger partial charge in [0.1, 0.15) is 0 Å². The molecule has 8 heteroatoms. The molecule has 0 spiro atoms. The van der Waals surface area contributed by atoms with Crippen LogP contribution in [0.4, 0.5) is 5.69 Å². The smallest absolute Gasteiger partial charge is 0.255 e. The first-order chi connectivity index (χ1) is 12.8. The fourth-order valence-corrected chi connectivity index (χ4v) is 3.42. The fourth-order valence-electron chi connectivity index (χ4n) is 2.47. The van der Waals surface area contributed by atoms with Gasteiger partial charge in [-0.05, 0) is 55.0 Å². The molecule has 0 aliphatic heterocycles. The summed E-state index contributed by atoms with van der Waals surface area (Å²) < 4.78 is 27.3. The monoisotopic (exact) mass is 384 g/mol. The van der Waals surface area contributed by atoms with Crippen molar-refractivity contribution in [2.24, 2.45) is 0 Å².